The fourth-order valence-electron chi connectivity index (χ4n) is 4.52. The molecule has 1 aromatic heterocycles. The van der Waals surface area contributed by atoms with Crippen LogP contribution in [0.15, 0.2) is 29.6 Å². The Hall–Kier alpha value is -1.99. The number of rotatable bonds is 5. The lowest BCUT2D eigenvalue weighted by Gasteiger charge is -2.33. The second kappa shape index (κ2) is 8.57. The SMILES string of the molecule is COc1cccc([C@@H]2CN(C(=O)CN3CCCC[C@H]3C)C[C@H]2c2csnn2)c1. The Morgan fingerprint density at radius 2 is 2.14 bits per heavy atom. The number of carbonyl (C=O) groups excluding carboxylic acids is 1. The molecule has 0 N–H and O–H groups in total. The first-order chi connectivity index (χ1) is 13.7. The van der Waals surface area contributed by atoms with Crippen molar-refractivity contribution in [3.05, 3.63) is 40.9 Å². The van der Waals surface area contributed by atoms with Crippen molar-refractivity contribution < 1.29 is 9.53 Å². The molecule has 6 nitrogen and oxygen atoms in total. The van der Waals surface area contributed by atoms with Crippen LogP contribution in [0.4, 0.5) is 0 Å². The van der Waals surface area contributed by atoms with Crippen LogP contribution in [-0.4, -0.2) is 64.6 Å². The molecule has 2 aliphatic rings. The van der Waals surface area contributed by atoms with Crippen molar-refractivity contribution >= 4 is 17.4 Å². The lowest BCUT2D eigenvalue weighted by Crippen LogP contribution is -2.45. The zero-order valence-corrected chi connectivity index (χ0v) is 17.4. The number of piperidine rings is 1. The van der Waals surface area contributed by atoms with Gasteiger partial charge < -0.3 is 9.64 Å². The molecule has 1 amide bonds. The highest BCUT2D eigenvalue weighted by molar-refractivity contribution is 7.03. The van der Waals surface area contributed by atoms with Gasteiger partial charge in [-0.25, -0.2) is 0 Å². The van der Waals surface area contributed by atoms with Crippen molar-refractivity contribution in [2.24, 2.45) is 0 Å². The van der Waals surface area contributed by atoms with Crippen LogP contribution < -0.4 is 4.74 Å². The first-order valence-electron chi connectivity index (χ1n) is 10.1. The van der Waals surface area contributed by atoms with Gasteiger partial charge in [0.1, 0.15) is 5.75 Å². The number of aromatic nitrogens is 2. The molecule has 1 aromatic carbocycles. The van der Waals surface area contributed by atoms with Gasteiger partial charge in [0.15, 0.2) is 0 Å². The van der Waals surface area contributed by atoms with E-state index in [9.17, 15) is 4.79 Å². The van der Waals surface area contributed by atoms with Gasteiger partial charge in [0.05, 0.1) is 19.3 Å². The lowest BCUT2D eigenvalue weighted by atomic mass is 9.87. The summed E-state index contributed by atoms with van der Waals surface area (Å²) in [4.78, 5) is 17.5. The molecule has 150 valence electrons. The predicted molar refractivity (Wildman–Crippen MR) is 110 cm³/mol. The third-order valence-electron chi connectivity index (χ3n) is 6.23. The number of hydrogen-bond acceptors (Lipinski definition) is 6. The van der Waals surface area contributed by atoms with Crippen molar-refractivity contribution in [2.45, 2.75) is 44.1 Å². The number of likely N-dealkylation sites (tertiary alicyclic amines) is 2. The molecular formula is C21H28N4O2S. The number of ether oxygens (including phenoxy) is 1. The molecule has 2 saturated heterocycles. The van der Waals surface area contributed by atoms with E-state index in [4.69, 9.17) is 4.74 Å². The zero-order valence-electron chi connectivity index (χ0n) is 16.6. The van der Waals surface area contributed by atoms with Crippen LogP contribution in [0.3, 0.4) is 0 Å². The van der Waals surface area contributed by atoms with Gasteiger partial charge in [-0.2, -0.15) is 0 Å². The molecule has 28 heavy (non-hydrogen) atoms. The Morgan fingerprint density at radius 1 is 1.29 bits per heavy atom. The zero-order chi connectivity index (χ0) is 19.5. The Bertz CT molecular complexity index is 797. The summed E-state index contributed by atoms with van der Waals surface area (Å²) in [6.45, 7) is 5.21. The van der Waals surface area contributed by atoms with Crippen molar-refractivity contribution in [1.82, 2.24) is 19.4 Å². The van der Waals surface area contributed by atoms with Crippen LogP contribution in [0.2, 0.25) is 0 Å². The van der Waals surface area contributed by atoms with Crippen LogP contribution in [0.1, 0.15) is 49.3 Å². The average Bonchev–Trinajstić information content (AvgIpc) is 3.39. The topological polar surface area (TPSA) is 58.6 Å². The Balaban J connectivity index is 1.53. The van der Waals surface area contributed by atoms with Gasteiger partial charge in [0, 0.05) is 36.3 Å². The second-order valence-electron chi connectivity index (χ2n) is 7.93. The first kappa shape index (κ1) is 19.3. The van der Waals surface area contributed by atoms with Gasteiger partial charge in [0.2, 0.25) is 5.91 Å². The summed E-state index contributed by atoms with van der Waals surface area (Å²) in [5.41, 5.74) is 2.18. The van der Waals surface area contributed by atoms with Gasteiger partial charge in [-0.3, -0.25) is 9.69 Å². The Kier molecular flexibility index (Phi) is 5.92. The maximum Gasteiger partial charge on any atom is 0.236 e. The molecule has 0 spiro atoms. The van der Waals surface area contributed by atoms with Gasteiger partial charge in [0.25, 0.3) is 0 Å². The van der Waals surface area contributed by atoms with E-state index in [1.165, 1.54) is 36.4 Å². The maximum atomic E-state index is 13.1. The number of nitrogens with zero attached hydrogens (tertiary/aromatic N) is 4. The van der Waals surface area contributed by atoms with Crippen LogP contribution in [0.5, 0.6) is 5.75 Å². The average molecular weight is 401 g/mol. The monoisotopic (exact) mass is 400 g/mol. The largest absolute Gasteiger partial charge is 0.497 e. The van der Waals surface area contributed by atoms with E-state index in [2.05, 4.69) is 33.5 Å². The van der Waals surface area contributed by atoms with Crippen LogP contribution in [0, 0.1) is 0 Å². The Labute approximate surface area is 170 Å². The molecular weight excluding hydrogens is 372 g/mol. The van der Waals surface area contributed by atoms with Gasteiger partial charge in [-0.15, -0.1) is 5.10 Å². The molecule has 2 fully saturated rings. The number of carbonyl (C=O) groups is 1. The normalized spacial score (nSPS) is 25.8. The lowest BCUT2D eigenvalue weighted by molar-refractivity contribution is -0.132. The summed E-state index contributed by atoms with van der Waals surface area (Å²) in [5.74, 6) is 1.46. The summed E-state index contributed by atoms with van der Waals surface area (Å²) in [7, 11) is 1.69. The minimum Gasteiger partial charge on any atom is -0.497 e. The number of benzene rings is 1. The van der Waals surface area contributed by atoms with Crippen molar-refractivity contribution in [1.29, 1.82) is 0 Å². The highest BCUT2D eigenvalue weighted by Crippen LogP contribution is 2.40. The molecule has 3 heterocycles. The quantitative estimate of drug-likeness (QED) is 0.772. The van der Waals surface area contributed by atoms with E-state index in [1.807, 2.05) is 22.4 Å². The van der Waals surface area contributed by atoms with Crippen LogP contribution >= 0.6 is 11.5 Å². The summed E-state index contributed by atoms with van der Waals surface area (Å²) in [5, 5.41) is 6.34. The standard InChI is InChI=1S/C21H28N4O2S/c1-15-6-3-4-9-24(15)13-21(26)25-11-18(16-7-5-8-17(10-16)27-2)19(12-25)20-14-28-23-22-20/h5,7-8,10,14-15,18-19H,3-4,6,9,11-13H2,1-2H3/t15-,18+,19-/m1/s1. The molecule has 3 atom stereocenters. The van der Waals surface area contributed by atoms with Gasteiger partial charge >= 0.3 is 0 Å². The third-order valence-corrected chi connectivity index (χ3v) is 6.75. The fraction of sp³-hybridized carbons (Fsp3) is 0.571. The minimum absolute atomic E-state index is 0.175. The predicted octanol–water partition coefficient (Wildman–Crippen LogP) is 3.13. The van der Waals surface area contributed by atoms with Gasteiger partial charge in [-0.1, -0.05) is 23.0 Å². The van der Waals surface area contributed by atoms with Crippen molar-refractivity contribution in [3.63, 3.8) is 0 Å². The molecule has 0 radical (unpaired) electrons. The molecule has 0 unspecified atom stereocenters. The summed E-state index contributed by atoms with van der Waals surface area (Å²) in [6, 6.07) is 8.68. The molecule has 7 heteroatoms. The van der Waals surface area contributed by atoms with E-state index >= 15 is 0 Å². The number of hydrogen-bond donors (Lipinski definition) is 0. The maximum absolute atomic E-state index is 13.1. The Morgan fingerprint density at radius 3 is 2.89 bits per heavy atom. The molecule has 2 aliphatic heterocycles. The van der Waals surface area contributed by atoms with E-state index < -0.39 is 0 Å². The summed E-state index contributed by atoms with van der Waals surface area (Å²) >= 11 is 1.37. The molecule has 0 aliphatic carbocycles. The highest BCUT2D eigenvalue weighted by atomic mass is 32.1. The van der Waals surface area contributed by atoms with E-state index in [0.717, 1.165) is 24.5 Å². The molecule has 0 bridgehead atoms. The van der Waals surface area contributed by atoms with Crippen molar-refractivity contribution in [3.8, 4) is 5.75 Å². The number of amides is 1. The fourth-order valence-corrected chi connectivity index (χ4v) is 5.04. The van der Waals surface area contributed by atoms with E-state index in [0.29, 0.717) is 19.1 Å². The molecule has 2 aromatic rings. The van der Waals surface area contributed by atoms with E-state index in [1.54, 1.807) is 7.11 Å². The highest BCUT2D eigenvalue weighted by Gasteiger charge is 2.39. The van der Waals surface area contributed by atoms with Crippen molar-refractivity contribution in [2.75, 3.05) is 33.3 Å². The first-order valence-corrected chi connectivity index (χ1v) is 10.9. The third kappa shape index (κ3) is 4.05. The smallest absolute Gasteiger partial charge is 0.236 e. The van der Waals surface area contributed by atoms with Crippen LogP contribution in [-0.2, 0) is 4.79 Å². The summed E-state index contributed by atoms with van der Waals surface area (Å²) in [6.07, 6.45) is 3.65. The van der Waals surface area contributed by atoms with E-state index in [-0.39, 0.29) is 17.7 Å². The second-order valence-corrected chi connectivity index (χ2v) is 8.54. The molecule has 0 saturated carbocycles. The number of methoxy groups -OCH3 is 1. The van der Waals surface area contributed by atoms with Crippen LogP contribution in [0.25, 0.3) is 0 Å². The van der Waals surface area contributed by atoms with Gasteiger partial charge in [-0.05, 0) is 55.5 Å². The molecule has 4 rings (SSSR count). The summed E-state index contributed by atoms with van der Waals surface area (Å²) < 4.78 is 9.47. The minimum atomic E-state index is 0.175.